The summed E-state index contributed by atoms with van der Waals surface area (Å²) in [6, 6.07) is 15.8. The number of hydrogen-bond acceptors (Lipinski definition) is 7. The summed E-state index contributed by atoms with van der Waals surface area (Å²) in [5.41, 5.74) is 0.299. The fraction of sp³-hybridized carbons (Fsp3) is 0.0870. The molecule has 0 bridgehead atoms. The molecule has 3 aromatic rings. The van der Waals surface area contributed by atoms with Crippen LogP contribution in [-0.4, -0.2) is 40.0 Å². The number of hydrogen-bond donors (Lipinski definition) is 2. The minimum atomic E-state index is -4.11. The minimum Gasteiger partial charge on any atom is -0.465 e. The Hall–Kier alpha value is -4.25. The van der Waals surface area contributed by atoms with E-state index < -0.39 is 40.3 Å². The van der Waals surface area contributed by atoms with Crippen LogP contribution in [0.2, 0.25) is 0 Å². The molecule has 0 saturated heterocycles. The molecule has 0 aliphatic heterocycles. The summed E-state index contributed by atoms with van der Waals surface area (Å²) in [5, 5.41) is 2.48. The molecular formula is C23H19FN2O7S. The monoisotopic (exact) mass is 486 g/mol. The summed E-state index contributed by atoms with van der Waals surface area (Å²) in [6.07, 6.45) is 0. The van der Waals surface area contributed by atoms with Crippen molar-refractivity contribution in [2.75, 3.05) is 23.8 Å². The van der Waals surface area contributed by atoms with Gasteiger partial charge in [0.15, 0.2) is 6.61 Å². The van der Waals surface area contributed by atoms with Gasteiger partial charge >= 0.3 is 11.9 Å². The SMILES string of the molecule is COC(=O)c1cccc(NC(=O)COC(=O)c2ccccc2NS(=O)(=O)c2ccc(F)cc2)c1. The van der Waals surface area contributed by atoms with E-state index in [-0.39, 0.29) is 27.4 Å². The molecule has 0 saturated carbocycles. The van der Waals surface area contributed by atoms with Gasteiger partial charge in [0, 0.05) is 5.69 Å². The second kappa shape index (κ2) is 10.6. The van der Waals surface area contributed by atoms with E-state index in [1.807, 2.05) is 0 Å². The number of anilines is 2. The maximum absolute atomic E-state index is 13.1. The number of halogens is 1. The van der Waals surface area contributed by atoms with Crippen molar-refractivity contribution in [1.82, 2.24) is 0 Å². The van der Waals surface area contributed by atoms with Crippen molar-refractivity contribution in [3.63, 3.8) is 0 Å². The van der Waals surface area contributed by atoms with Gasteiger partial charge in [-0.2, -0.15) is 0 Å². The first-order valence-corrected chi connectivity index (χ1v) is 11.2. The van der Waals surface area contributed by atoms with Gasteiger partial charge in [0.25, 0.3) is 15.9 Å². The van der Waals surface area contributed by atoms with Gasteiger partial charge in [0.2, 0.25) is 0 Å². The maximum atomic E-state index is 13.1. The van der Waals surface area contributed by atoms with Crippen molar-refractivity contribution in [3.8, 4) is 0 Å². The number of benzene rings is 3. The summed E-state index contributed by atoms with van der Waals surface area (Å²) < 4.78 is 50.1. The molecule has 9 nitrogen and oxygen atoms in total. The predicted molar refractivity (Wildman–Crippen MR) is 120 cm³/mol. The highest BCUT2D eigenvalue weighted by atomic mass is 32.2. The fourth-order valence-electron chi connectivity index (χ4n) is 2.82. The van der Waals surface area contributed by atoms with E-state index in [1.54, 1.807) is 0 Å². The molecule has 1 amide bonds. The number of rotatable bonds is 8. The quantitative estimate of drug-likeness (QED) is 0.468. The highest BCUT2D eigenvalue weighted by Crippen LogP contribution is 2.21. The van der Waals surface area contributed by atoms with Gasteiger partial charge < -0.3 is 14.8 Å². The number of esters is 2. The molecule has 0 atom stereocenters. The normalized spacial score (nSPS) is 10.8. The highest BCUT2D eigenvalue weighted by Gasteiger charge is 2.20. The van der Waals surface area contributed by atoms with E-state index >= 15 is 0 Å². The van der Waals surface area contributed by atoms with Gasteiger partial charge in [-0.1, -0.05) is 18.2 Å². The summed E-state index contributed by atoms with van der Waals surface area (Å²) in [4.78, 5) is 36.1. The number of methoxy groups -OCH3 is 1. The van der Waals surface area contributed by atoms with Crippen LogP contribution in [0.1, 0.15) is 20.7 Å². The number of carbonyl (C=O) groups excluding carboxylic acids is 3. The third kappa shape index (κ3) is 6.17. The van der Waals surface area contributed by atoms with E-state index in [0.29, 0.717) is 0 Å². The fourth-order valence-corrected chi connectivity index (χ4v) is 3.89. The second-order valence-electron chi connectivity index (χ2n) is 6.80. The van der Waals surface area contributed by atoms with Crippen LogP contribution in [0.25, 0.3) is 0 Å². The first-order chi connectivity index (χ1) is 16.2. The lowest BCUT2D eigenvalue weighted by Crippen LogP contribution is -2.22. The molecule has 0 aromatic heterocycles. The molecule has 0 aliphatic rings. The molecule has 34 heavy (non-hydrogen) atoms. The Balaban J connectivity index is 1.66. The Morgan fingerprint density at radius 3 is 2.32 bits per heavy atom. The zero-order chi connectivity index (χ0) is 24.7. The molecule has 0 fully saturated rings. The predicted octanol–water partition coefficient (Wildman–Crippen LogP) is 3.21. The van der Waals surface area contributed by atoms with E-state index in [4.69, 9.17) is 4.74 Å². The second-order valence-corrected chi connectivity index (χ2v) is 8.48. The molecular weight excluding hydrogens is 467 g/mol. The van der Waals surface area contributed by atoms with Crippen LogP contribution in [0, 0.1) is 5.82 Å². The molecule has 0 heterocycles. The van der Waals surface area contributed by atoms with Crippen LogP contribution >= 0.6 is 0 Å². The van der Waals surface area contributed by atoms with E-state index in [2.05, 4.69) is 14.8 Å². The molecule has 2 N–H and O–H groups in total. The highest BCUT2D eigenvalue weighted by molar-refractivity contribution is 7.92. The lowest BCUT2D eigenvalue weighted by Gasteiger charge is -2.12. The van der Waals surface area contributed by atoms with E-state index in [1.165, 1.54) is 55.6 Å². The van der Waals surface area contributed by atoms with E-state index in [0.717, 1.165) is 24.3 Å². The smallest absolute Gasteiger partial charge is 0.340 e. The van der Waals surface area contributed by atoms with Crippen LogP contribution in [0.4, 0.5) is 15.8 Å². The molecule has 3 rings (SSSR count). The van der Waals surface area contributed by atoms with Crippen LogP contribution in [0.15, 0.2) is 77.7 Å². The average molecular weight is 486 g/mol. The number of para-hydroxylation sites is 1. The molecule has 3 aromatic carbocycles. The average Bonchev–Trinajstić information content (AvgIpc) is 2.82. The third-order valence-corrected chi connectivity index (χ3v) is 5.80. The van der Waals surface area contributed by atoms with Crippen molar-refractivity contribution in [2.45, 2.75) is 4.90 Å². The van der Waals surface area contributed by atoms with Crippen molar-refractivity contribution in [1.29, 1.82) is 0 Å². The van der Waals surface area contributed by atoms with Crippen LogP contribution in [-0.2, 0) is 24.3 Å². The van der Waals surface area contributed by atoms with Crippen molar-refractivity contribution >= 4 is 39.2 Å². The van der Waals surface area contributed by atoms with Crippen LogP contribution in [0.5, 0.6) is 0 Å². The Morgan fingerprint density at radius 1 is 0.912 bits per heavy atom. The number of carbonyl (C=O) groups is 3. The Labute approximate surface area is 194 Å². The lowest BCUT2D eigenvalue weighted by molar-refractivity contribution is -0.119. The van der Waals surface area contributed by atoms with Gasteiger partial charge in [0.05, 0.1) is 28.8 Å². The van der Waals surface area contributed by atoms with E-state index in [9.17, 15) is 27.2 Å². The minimum absolute atomic E-state index is 0.0805. The van der Waals surface area contributed by atoms with Gasteiger partial charge in [0.1, 0.15) is 5.82 Å². The molecule has 11 heteroatoms. The van der Waals surface area contributed by atoms with Gasteiger partial charge in [-0.3, -0.25) is 9.52 Å². The van der Waals surface area contributed by atoms with Crippen molar-refractivity contribution in [3.05, 3.63) is 89.7 Å². The number of amides is 1. The first-order valence-electron chi connectivity index (χ1n) is 9.72. The van der Waals surface area contributed by atoms with Crippen LogP contribution in [0.3, 0.4) is 0 Å². The Kier molecular flexibility index (Phi) is 7.59. The number of sulfonamides is 1. The summed E-state index contributed by atoms with van der Waals surface area (Å²) in [6.45, 7) is -0.666. The topological polar surface area (TPSA) is 128 Å². The van der Waals surface area contributed by atoms with Gasteiger partial charge in [-0.25, -0.2) is 22.4 Å². The number of nitrogens with one attached hydrogen (secondary N) is 2. The zero-order valence-corrected chi connectivity index (χ0v) is 18.6. The molecule has 176 valence electrons. The van der Waals surface area contributed by atoms with Crippen molar-refractivity contribution in [2.24, 2.45) is 0 Å². The molecule has 0 radical (unpaired) electrons. The largest absolute Gasteiger partial charge is 0.465 e. The lowest BCUT2D eigenvalue weighted by atomic mass is 10.2. The standard InChI is InChI=1S/C23H19FN2O7S/c1-32-22(28)15-5-4-6-17(13-15)25-21(27)14-33-23(29)19-7-2-3-8-20(19)26-34(30,31)18-11-9-16(24)10-12-18/h2-13,26H,14H2,1H3,(H,25,27). The Morgan fingerprint density at radius 2 is 1.62 bits per heavy atom. The summed E-state index contributed by atoms with van der Waals surface area (Å²) in [7, 11) is -2.89. The molecule has 0 spiro atoms. The molecule has 0 unspecified atom stereocenters. The molecule has 0 aliphatic carbocycles. The zero-order valence-electron chi connectivity index (χ0n) is 17.8. The summed E-state index contributed by atoms with van der Waals surface area (Å²) >= 11 is 0. The maximum Gasteiger partial charge on any atom is 0.340 e. The third-order valence-electron chi connectivity index (χ3n) is 4.42. The van der Waals surface area contributed by atoms with Gasteiger partial charge in [-0.05, 0) is 54.6 Å². The first kappa shape index (κ1) is 24.4. The summed E-state index contributed by atoms with van der Waals surface area (Å²) in [5.74, 6) is -2.81. The van der Waals surface area contributed by atoms with Crippen molar-refractivity contribution < 1.29 is 36.7 Å². The van der Waals surface area contributed by atoms with Gasteiger partial charge in [-0.15, -0.1) is 0 Å². The van der Waals surface area contributed by atoms with Crippen LogP contribution < -0.4 is 10.0 Å². The number of ether oxygens (including phenoxy) is 2. The Bertz CT molecular complexity index is 1330.